The highest BCUT2D eigenvalue weighted by molar-refractivity contribution is 5.16. The van der Waals surface area contributed by atoms with Gasteiger partial charge in [-0.2, -0.15) is 0 Å². The average Bonchev–Trinajstić information content (AvgIpc) is 1.83. The molecule has 0 bridgehead atoms. The molecular formula is C6H7NO. The van der Waals surface area contributed by atoms with Crippen LogP contribution in [0.2, 0.25) is 0 Å². The smallest absolute Gasteiger partial charge is 0.100 e. The van der Waals surface area contributed by atoms with Gasteiger partial charge < -0.3 is 0 Å². The van der Waals surface area contributed by atoms with Crippen LogP contribution in [-0.2, 0) is 0 Å². The Kier molecular flexibility index (Phi) is 3.40. The number of hydrogen-bond donors (Lipinski definition) is 0. The molecule has 0 heterocycles. The normalized spacial score (nSPS) is 9.00. The maximum absolute atomic E-state index is 9.58. The number of hydrogen-bond acceptors (Lipinski definition) is 2. The Labute approximate surface area is 48.2 Å². The van der Waals surface area contributed by atoms with E-state index in [2.05, 4.69) is 18.3 Å². The molecule has 2 heteroatoms. The zero-order valence-corrected chi connectivity index (χ0v) is 4.50. The highest BCUT2D eigenvalue weighted by Gasteiger charge is 1.76. The van der Waals surface area contributed by atoms with E-state index in [-0.39, 0.29) is 5.70 Å². The minimum Gasteiger partial charge on any atom is -0.145 e. The van der Waals surface area contributed by atoms with Crippen LogP contribution in [0.1, 0.15) is 0 Å². The van der Waals surface area contributed by atoms with Crippen LogP contribution in [0, 0.1) is 4.91 Å². The maximum Gasteiger partial charge on any atom is 0.100 e. The zero-order valence-electron chi connectivity index (χ0n) is 4.50. The molecule has 0 unspecified atom stereocenters. The minimum atomic E-state index is 0.213. The Balaban J connectivity index is 3.69. The quantitative estimate of drug-likeness (QED) is 0.402. The molecule has 0 radical (unpaired) electrons. The van der Waals surface area contributed by atoms with Crippen LogP contribution in [0.25, 0.3) is 0 Å². The summed E-state index contributed by atoms with van der Waals surface area (Å²) in [5.74, 6) is 0. The summed E-state index contributed by atoms with van der Waals surface area (Å²) in [5, 5.41) is 2.55. The van der Waals surface area contributed by atoms with E-state index in [9.17, 15) is 4.91 Å². The minimum absolute atomic E-state index is 0.213. The lowest BCUT2D eigenvalue weighted by Gasteiger charge is -1.75. The molecule has 8 heavy (non-hydrogen) atoms. The van der Waals surface area contributed by atoms with Gasteiger partial charge >= 0.3 is 0 Å². The predicted octanol–water partition coefficient (Wildman–Crippen LogP) is 2.01. The van der Waals surface area contributed by atoms with Crippen molar-refractivity contribution in [2.45, 2.75) is 0 Å². The number of rotatable bonds is 3. The van der Waals surface area contributed by atoms with Gasteiger partial charge in [-0.1, -0.05) is 25.3 Å². The molecular weight excluding hydrogens is 102 g/mol. The Morgan fingerprint density at radius 1 is 1.62 bits per heavy atom. The van der Waals surface area contributed by atoms with Crippen molar-refractivity contribution in [1.82, 2.24) is 0 Å². The van der Waals surface area contributed by atoms with Crippen molar-refractivity contribution in [1.29, 1.82) is 0 Å². The number of allylic oxidation sites excluding steroid dienone is 3. The van der Waals surface area contributed by atoms with E-state index in [0.717, 1.165) is 0 Å². The van der Waals surface area contributed by atoms with Crippen LogP contribution >= 0.6 is 0 Å². The second-order valence-electron chi connectivity index (χ2n) is 1.18. The van der Waals surface area contributed by atoms with Crippen LogP contribution in [-0.4, -0.2) is 0 Å². The molecule has 0 saturated carbocycles. The highest BCUT2D eigenvalue weighted by Crippen LogP contribution is 1.91. The van der Waals surface area contributed by atoms with Gasteiger partial charge in [-0.25, -0.2) is 0 Å². The van der Waals surface area contributed by atoms with Crippen LogP contribution in [0.3, 0.4) is 0 Å². The first kappa shape index (κ1) is 6.82. The van der Waals surface area contributed by atoms with E-state index in [4.69, 9.17) is 0 Å². The van der Waals surface area contributed by atoms with Gasteiger partial charge in [0.2, 0.25) is 0 Å². The molecule has 0 aliphatic carbocycles. The first-order valence-electron chi connectivity index (χ1n) is 2.12. The molecule has 0 spiro atoms. The summed E-state index contributed by atoms with van der Waals surface area (Å²) < 4.78 is 0. The second-order valence-corrected chi connectivity index (χ2v) is 1.18. The molecule has 0 fully saturated rings. The van der Waals surface area contributed by atoms with E-state index < -0.39 is 0 Å². The molecule has 0 aromatic rings. The Hall–Kier alpha value is -1.18. The SMILES string of the molecule is C=CC=CC(=C)N=O. The summed E-state index contributed by atoms with van der Waals surface area (Å²) in [7, 11) is 0. The molecule has 0 rings (SSSR count). The Morgan fingerprint density at radius 3 is 2.62 bits per heavy atom. The number of nitroso groups, excluding NO2 is 1. The first-order chi connectivity index (χ1) is 3.81. The molecule has 0 amide bonds. The average molecular weight is 109 g/mol. The van der Waals surface area contributed by atoms with Gasteiger partial charge in [0.1, 0.15) is 5.70 Å². The third kappa shape index (κ3) is 3.03. The van der Waals surface area contributed by atoms with E-state index in [1.165, 1.54) is 6.08 Å². The third-order valence-electron chi connectivity index (χ3n) is 0.542. The van der Waals surface area contributed by atoms with Gasteiger partial charge in [-0.05, 0) is 11.3 Å². The van der Waals surface area contributed by atoms with Crippen molar-refractivity contribution in [2.24, 2.45) is 5.18 Å². The molecule has 0 aliphatic rings. The lowest BCUT2D eigenvalue weighted by atomic mass is 10.4. The molecule has 0 atom stereocenters. The standard InChI is InChI=1S/C6H7NO/c1-3-4-5-6(2)7-8/h3-5H,1-2H2. The van der Waals surface area contributed by atoms with Crippen LogP contribution in [0.4, 0.5) is 0 Å². The van der Waals surface area contributed by atoms with E-state index in [0.29, 0.717) is 0 Å². The topological polar surface area (TPSA) is 29.4 Å². The molecule has 42 valence electrons. The molecule has 0 N–H and O–H groups in total. The molecule has 0 saturated heterocycles. The van der Waals surface area contributed by atoms with Gasteiger partial charge in [-0.15, -0.1) is 4.91 Å². The number of nitrogens with zero attached hydrogens (tertiary/aromatic N) is 1. The third-order valence-corrected chi connectivity index (χ3v) is 0.542. The van der Waals surface area contributed by atoms with Gasteiger partial charge in [-0.3, -0.25) is 0 Å². The summed E-state index contributed by atoms with van der Waals surface area (Å²) in [5.41, 5.74) is 0.213. The van der Waals surface area contributed by atoms with Gasteiger partial charge in [0.15, 0.2) is 0 Å². The lowest BCUT2D eigenvalue weighted by molar-refractivity contribution is 1.41. The summed E-state index contributed by atoms with van der Waals surface area (Å²) in [6, 6.07) is 0. The molecule has 2 nitrogen and oxygen atoms in total. The van der Waals surface area contributed by atoms with E-state index in [1.54, 1.807) is 12.2 Å². The van der Waals surface area contributed by atoms with Crippen molar-refractivity contribution < 1.29 is 0 Å². The van der Waals surface area contributed by atoms with Gasteiger partial charge in [0.25, 0.3) is 0 Å². The van der Waals surface area contributed by atoms with Gasteiger partial charge in [0.05, 0.1) is 0 Å². The van der Waals surface area contributed by atoms with Crippen molar-refractivity contribution in [3.8, 4) is 0 Å². The van der Waals surface area contributed by atoms with Crippen LogP contribution in [0.15, 0.2) is 42.3 Å². The fourth-order valence-electron chi connectivity index (χ4n) is 0.210. The summed E-state index contributed by atoms with van der Waals surface area (Å²) in [4.78, 5) is 9.58. The molecule has 0 aromatic heterocycles. The Morgan fingerprint density at radius 2 is 2.25 bits per heavy atom. The Bertz CT molecular complexity index is 135. The molecule has 0 aromatic carbocycles. The van der Waals surface area contributed by atoms with Gasteiger partial charge in [0, 0.05) is 0 Å². The van der Waals surface area contributed by atoms with E-state index >= 15 is 0 Å². The van der Waals surface area contributed by atoms with Crippen molar-refractivity contribution >= 4 is 0 Å². The summed E-state index contributed by atoms with van der Waals surface area (Å²) in [6.07, 6.45) is 4.64. The maximum atomic E-state index is 9.58. The second kappa shape index (κ2) is 3.99. The van der Waals surface area contributed by atoms with Crippen LogP contribution < -0.4 is 0 Å². The summed E-state index contributed by atoms with van der Waals surface area (Å²) in [6.45, 7) is 6.69. The first-order valence-corrected chi connectivity index (χ1v) is 2.12. The lowest BCUT2D eigenvalue weighted by Crippen LogP contribution is -1.59. The predicted molar refractivity (Wildman–Crippen MR) is 34.3 cm³/mol. The fourth-order valence-corrected chi connectivity index (χ4v) is 0.210. The highest BCUT2D eigenvalue weighted by atomic mass is 16.3. The largest absolute Gasteiger partial charge is 0.145 e. The fraction of sp³-hybridized carbons (Fsp3) is 0. The van der Waals surface area contributed by atoms with Crippen molar-refractivity contribution in [2.75, 3.05) is 0 Å². The van der Waals surface area contributed by atoms with Crippen molar-refractivity contribution in [3.05, 3.63) is 42.0 Å². The summed E-state index contributed by atoms with van der Waals surface area (Å²) >= 11 is 0. The molecule has 0 aliphatic heterocycles. The zero-order chi connectivity index (χ0) is 6.41. The van der Waals surface area contributed by atoms with E-state index in [1.807, 2.05) is 0 Å². The van der Waals surface area contributed by atoms with Crippen LogP contribution in [0.5, 0.6) is 0 Å². The monoisotopic (exact) mass is 109 g/mol. The van der Waals surface area contributed by atoms with Crippen molar-refractivity contribution in [3.63, 3.8) is 0 Å².